The summed E-state index contributed by atoms with van der Waals surface area (Å²) in [4.78, 5) is 0.257. The van der Waals surface area contributed by atoms with E-state index in [2.05, 4.69) is 21.0 Å². The second-order valence-electron chi connectivity index (χ2n) is 4.30. The first-order valence-corrected chi connectivity index (χ1v) is 8.02. The van der Waals surface area contributed by atoms with E-state index in [0.717, 1.165) is 10.2 Å². The molecule has 1 aromatic heterocycles. The fourth-order valence-corrected chi connectivity index (χ4v) is 3.85. The molecule has 7 heteroatoms. The van der Waals surface area contributed by atoms with Crippen LogP contribution in [-0.2, 0) is 22.6 Å². The van der Waals surface area contributed by atoms with Crippen molar-refractivity contribution in [3.63, 3.8) is 0 Å². The lowest BCUT2D eigenvalue weighted by Crippen LogP contribution is -2.09. The molecule has 0 aliphatic heterocycles. The highest BCUT2D eigenvalue weighted by Crippen LogP contribution is 2.25. The lowest BCUT2D eigenvalue weighted by atomic mass is 10.3. The number of aromatic nitrogens is 2. The van der Waals surface area contributed by atoms with Gasteiger partial charge in [0.25, 0.3) is 0 Å². The van der Waals surface area contributed by atoms with E-state index in [-0.39, 0.29) is 10.6 Å². The smallest absolute Gasteiger partial charge is 0.184 e. The molecule has 0 spiro atoms. The van der Waals surface area contributed by atoms with Crippen molar-refractivity contribution >= 4 is 31.5 Å². The van der Waals surface area contributed by atoms with Gasteiger partial charge in [-0.15, -0.1) is 0 Å². The largest absolute Gasteiger partial charge is 0.399 e. The van der Waals surface area contributed by atoms with Crippen molar-refractivity contribution in [2.75, 3.05) is 5.73 Å². The molecule has 5 nitrogen and oxygen atoms in total. The molecule has 0 bridgehead atoms. The minimum atomic E-state index is -3.41. The lowest BCUT2D eigenvalue weighted by molar-refractivity contribution is 0.591. The van der Waals surface area contributed by atoms with Gasteiger partial charge in [0.05, 0.1) is 26.5 Å². The van der Waals surface area contributed by atoms with Gasteiger partial charge in [-0.05, 0) is 47.1 Å². The molecule has 0 saturated heterocycles. The Morgan fingerprint density at radius 3 is 2.37 bits per heavy atom. The summed E-state index contributed by atoms with van der Waals surface area (Å²) in [5.41, 5.74) is 7.50. The lowest BCUT2D eigenvalue weighted by Gasteiger charge is -2.06. The Kier molecular flexibility index (Phi) is 3.69. The van der Waals surface area contributed by atoms with Gasteiger partial charge in [0.2, 0.25) is 0 Å². The minimum absolute atomic E-state index is 0.102. The summed E-state index contributed by atoms with van der Waals surface area (Å²) in [5, 5.41) is 4.19. The van der Waals surface area contributed by atoms with Gasteiger partial charge in [0.1, 0.15) is 0 Å². The third-order valence-corrected chi connectivity index (χ3v) is 5.50. The van der Waals surface area contributed by atoms with E-state index < -0.39 is 9.84 Å². The van der Waals surface area contributed by atoms with Crippen LogP contribution < -0.4 is 5.73 Å². The third kappa shape index (κ3) is 2.82. The maximum Gasteiger partial charge on any atom is 0.184 e. The third-order valence-electron chi connectivity index (χ3n) is 2.83. The number of halogens is 1. The first kappa shape index (κ1) is 14.1. The molecule has 0 atom stereocenters. The Morgan fingerprint density at radius 2 is 1.89 bits per heavy atom. The van der Waals surface area contributed by atoms with Gasteiger partial charge >= 0.3 is 0 Å². The van der Waals surface area contributed by atoms with Crippen LogP contribution in [0.5, 0.6) is 0 Å². The Balaban J connectivity index is 2.39. The predicted octanol–water partition coefficient (Wildman–Crippen LogP) is 2.05. The molecular weight excluding hydrogens is 330 g/mol. The van der Waals surface area contributed by atoms with Crippen molar-refractivity contribution in [2.45, 2.75) is 17.6 Å². The van der Waals surface area contributed by atoms with Gasteiger partial charge in [-0.2, -0.15) is 5.10 Å². The molecule has 102 valence electrons. The van der Waals surface area contributed by atoms with Crippen LogP contribution in [0.4, 0.5) is 5.69 Å². The van der Waals surface area contributed by atoms with Crippen LogP contribution >= 0.6 is 15.9 Å². The Morgan fingerprint density at radius 1 is 1.32 bits per heavy atom. The molecule has 1 heterocycles. The van der Waals surface area contributed by atoms with E-state index >= 15 is 0 Å². The maximum absolute atomic E-state index is 12.3. The number of nitrogen functional groups attached to an aromatic ring is 1. The molecule has 0 amide bonds. The van der Waals surface area contributed by atoms with Gasteiger partial charge in [-0.1, -0.05) is 0 Å². The number of aryl methyl sites for hydroxylation is 2. The summed E-state index contributed by atoms with van der Waals surface area (Å²) in [7, 11) is -1.68. The number of hydrogen-bond acceptors (Lipinski definition) is 4. The number of nitrogens with zero attached hydrogens (tertiary/aromatic N) is 2. The normalized spacial score (nSPS) is 11.7. The summed E-state index contributed by atoms with van der Waals surface area (Å²) in [6.07, 6.45) is 0. The molecule has 19 heavy (non-hydrogen) atoms. The van der Waals surface area contributed by atoms with E-state index in [4.69, 9.17) is 5.73 Å². The summed E-state index contributed by atoms with van der Waals surface area (Å²) >= 11 is 3.37. The summed E-state index contributed by atoms with van der Waals surface area (Å²) in [6, 6.07) is 6.19. The topological polar surface area (TPSA) is 78.0 Å². The van der Waals surface area contributed by atoms with E-state index in [1.165, 1.54) is 12.1 Å². The maximum atomic E-state index is 12.3. The van der Waals surface area contributed by atoms with E-state index in [1.807, 2.05) is 6.92 Å². The fourth-order valence-electron chi connectivity index (χ4n) is 1.78. The SMILES string of the molecule is Cc1nn(C)c(CS(=O)(=O)c2ccc(N)cc2)c1Br. The van der Waals surface area contributed by atoms with Crippen LogP contribution in [0.3, 0.4) is 0 Å². The van der Waals surface area contributed by atoms with E-state index in [1.54, 1.807) is 23.9 Å². The quantitative estimate of drug-likeness (QED) is 0.865. The van der Waals surface area contributed by atoms with Crippen LogP contribution in [0, 0.1) is 6.92 Å². The second kappa shape index (κ2) is 4.97. The monoisotopic (exact) mass is 343 g/mol. The van der Waals surface area contributed by atoms with Crippen LogP contribution in [-0.4, -0.2) is 18.2 Å². The molecular formula is C12H14BrN3O2S. The van der Waals surface area contributed by atoms with Crippen molar-refractivity contribution in [1.82, 2.24) is 9.78 Å². The molecule has 1 aromatic carbocycles. The molecule has 0 fully saturated rings. The average molecular weight is 344 g/mol. The number of rotatable bonds is 3. The van der Waals surface area contributed by atoms with Gasteiger partial charge in [-0.3, -0.25) is 4.68 Å². The molecule has 0 aliphatic rings. The molecule has 0 unspecified atom stereocenters. The molecule has 2 rings (SSSR count). The van der Waals surface area contributed by atoms with Crippen molar-refractivity contribution in [3.05, 3.63) is 40.1 Å². The van der Waals surface area contributed by atoms with Gasteiger partial charge in [0, 0.05) is 12.7 Å². The van der Waals surface area contributed by atoms with Crippen LogP contribution in [0.25, 0.3) is 0 Å². The minimum Gasteiger partial charge on any atom is -0.399 e. The zero-order valence-electron chi connectivity index (χ0n) is 10.6. The number of anilines is 1. The highest BCUT2D eigenvalue weighted by Gasteiger charge is 2.21. The first-order chi connectivity index (χ1) is 8.81. The van der Waals surface area contributed by atoms with Gasteiger partial charge < -0.3 is 5.73 Å². The first-order valence-electron chi connectivity index (χ1n) is 5.57. The van der Waals surface area contributed by atoms with Crippen LogP contribution in [0.15, 0.2) is 33.6 Å². The molecule has 0 saturated carbocycles. The molecule has 2 N–H and O–H groups in total. The molecule has 2 aromatic rings. The zero-order chi connectivity index (χ0) is 14.2. The highest BCUT2D eigenvalue weighted by molar-refractivity contribution is 9.10. The average Bonchev–Trinajstić information content (AvgIpc) is 2.56. The van der Waals surface area contributed by atoms with Crippen molar-refractivity contribution in [2.24, 2.45) is 7.05 Å². The highest BCUT2D eigenvalue weighted by atomic mass is 79.9. The summed E-state index contributed by atoms with van der Waals surface area (Å²) in [5.74, 6) is -0.102. The number of benzene rings is 1. The standard InChI is InChI=1S/C12H14BrN3O2S/c1-8-12(13)11(16(2)15-8)7-19(17,18)10-5-3-9(14)4-6-10/h3-6H,7,14H2,1-2H3. The fraction of sp³-hybridized carbons (Fsp3) is 0.250. The van der Waals surface area contributed by atoms with Crippen molar-refractivity contribution < 1.29 is 8.42 Å². The van der Waals surface area contributed by atoms with Gasteiger partial charge in [0.15, 0.2) is 9.84 Å². The van der Waals surface area contributed by atoms with Crippen molar-refractivity contribution in [1.29, 1.82) is 0 Å². The van der Waals surface area contributed by atoms with E-state index in [0.29, 0.717) is 11.4 Å². The zero-order valence-corrected chi connectivity index (χ0v) is 13.0. The number of sulfone groups is 1. The van der Waals surface area contributed by atoms with E-state index in [9.17, 15) is 8.42 Å². The predicted molar refractivity (Wildman–Crippen MR) is 77.4 cm³/mol. The Hall–Kier alpha value is -1.34. The summed E-state index contributed by atoms with van der Waals surface area (Å²) in [6.45, 7) is 1.82. The molecule has 0 aliphatic carbocycles. The second-order valence-corrected chi connectivity index (χ2v) is 7.08. The number of nitrogens with two attached hydrogens (primary N) is 1. The summed E-state index contributed by atoms with van der Waals surface area (Å²) < 4.78 is 27.0. The van der Waals surface area contributed by atoms with Crippen LogP contribution in [0.2, 0.25) is 0 Å². The number of hydrogen-bond donors (Lipinski definition) is 1. The Labute approximate surface area is 120 Å². The van der Waals surface area contributed by atoms with Crippen LogP contribution in [0.1, 0.15) is 11.4 Å². The molecule has 0 radical (unpaired) electrons. The van der Waals surface area contributed by atoms with Crippen molar-refractivity contribution in [3.8, 4) is 0 Å². The Bertz CT molecular complexity index is 705. The van der Waals surface area contributed by atoms with Gasteiger partial charge in [-0.25, -0.2) is 8.42 Å².